The molecular weight excluding hydrogens is 595 g/mol. The third-order valence-corrected chi connectivity index (χ3v) is 8.23. The van der Waals surface area contributed by atoms with E-state index in [0.717, 1.165) is 44.8 Å². The zero-order chi connectivity index (χ0) is 31.4. The highest BCUT2D eigenvalue weighted by molar-refractivity contribution is 7.88. The van der Waals surface area contributed by atoms with Crippen LogP contribution in [0, 0.1) is 0 Å². The predicted molar refractivity (Wildman–Crippen MR) is 173 cm³/mol. The number of benzene rings is 6. The van der Waals surface area contributed by atoms with Crippen molar-refractivity contribution in [2.45, 2.75) is 5.51 Å². The minimum absolute atomic E-state index is 0.446. The van der Waals surface area contributed by atoms with Crippen LogP contribution in [0.2, 0.25) is 0 Å². The van der Waals surface area contributed by atoms with E-state index in [-0.39, 0.29) is 0 Å². The molecule has 6 aromatic rings. The lowest BCUT2D eigenvalue weighted by atomic mass is 9.96. The maximum Gasteiger partial charge on any atom is 0.534 e. The molecule has 45 heavy (non-hydrogen) atoms. The fourth-order valence-electron chi connectivity index (χ4n) is 5.08. The smallest absolute Gasteiger partial charge is 0.376 e. The minimum Gasteiger partial charge on any atom is -0.376 e. The predicted octanol–water partition coefficient (Wildman–Crippen LogP) is 10.4. The molecule has 0 aliphatic heterocycles. The van der Waals surface area contributed by atoms with Crippen molar-refractivity contribution in [3.8, 4) is 39.1 Å². The van der Waals surface area contributed by atoms with Crippen molar-refractivity contribution in [2.24, 2.45) is 0 Å². The molecule has 0 heterocycles. The molecule has 0 N–H and O–H groups in total. The summed E-state index contributed by atoms with van der Waals surface area (Å²) >= 11 is 0. The van der Waals surface area contributed by atoms with E-state index in [1.165, 1.54) is 24.3 Å². The number of nitrogens with zero attached hydrogens (tertiary/aromatic N) is 1. The van der Waals surface area contributed by atoms with Gasteiger partial charge in [-0.2, -0.15) is 21.6 Å². The highest BCUT2D eigenvalue weighted by Gasteiger charge is 2.48. The fraction of sp³-hybridized carbons (Fsp3) is 0.0270. The van der Waals surface area contributed by atoms with Crippen molar-refractivity contribution < 1.29 is 25.8 Å². The average Bonchev–Trinajstić information content (AvgIpc) is 3.07. The van der Waals surface area contributed by atoms with Crippen LogP contribution in [0.3, 0.4) is 0 Å². The molecule has 0 spiro atoms. The van der Waals surface area contributed by atoms with Gasteiger partial charge in [-0.3, -0.25) is 0 Å². The van der Waals surface area contributed by atoms with E-state index in [1.807, 2.05) is 132 Å². The van der Waals surface area contributed by atoms with E-state index in [2.05, 4.69) is 10.2 Å². The van der Waals surface area contributed by atoms with Gasteiger partial charge in [0.1, 0.15) is 5.75 Å². The Morgan fingerprint density at radius 1 is 0.489 bits per heavy atom. The van der Waals surface area contributed by atoms with E-state index in [0.29, 0.717) is 5.69 Å². The van der Waals surface area contributed by atoms with Crippen LogP contribution in [0.25, 0.3) is 33.4 Å². The Morgan fingerprint density at radius 3 is 1.42 bits per heavy atom. The van der Waals surface area contributed by atoms with Gasteiger partial charge >= 0.3 is 15.6 Å². The molecule has 6 rings (SSSR count). The van der Waals surface area contributed by atoms with Gasteiger partial charge in [-0.25, -0.2) is 0 Å². The third kappa shape index (κ3) is 6.46. The second kappa shape index (κ2) is 12.3. The van der Waals surface area contributed by atoms with Gasteiger partial charge in [0.15, 0.2) is 0 Å². The molecule has 0 atom stereocenters. The molecule has 0 saturated heterocycles. The van der Waals surface area contributed by atoms with Crippen molar-refractivity contribution in [1.82, 2.24) is 0 Å². The first-order valence-corrected chi connectivity index (χ1v) is 15.4. The summed E-state index contributed by atoms with van der Waals surface area (Å²) in [6.45, 7) is 0. The summed E-state index contributed by atoms with van der Waals surface area (Å²) in [5.41, 5.74) is 2.67. The summed E-state index contributed by atoms with van der Waals surface area (Å²) in [5.74, 6) is -0.446. The van der Waals surface area contributed by atoms with Crippen LogP contribution < -0.4 is 9.08 Å². The number of hydrogen-bond acceptors (Lipinski definition) is 4. The summed E-state index contributed by atoms with van der Waals surface area (Å²) < 4.78 is 66.5. The van der Waals surface area contributed by atoms with E-state index in [9.17, 15) is 21.6 Å². The molecule has 6 aromatic carbocycles. The Morgan fingerprint density at radius 2 is 0.911 bits per heavy atom. The van der Waals surface area contributed by atoms with E-state index in [4.69, 9.17) is 0 Å². The van der Waals surface area contributed by atoms with E-state index >= 15 is 0 Å². The van der Waals surface area contributed by atoms with Gasteiger partial charge in [0.25, 0.3) is 0 Å². The van der Waals surface area contributed by atoms with Crippen LogP contribution in [0.4, 0.5) is 30.2 Å². The molecular formula is C37H26F3NO3S. The molecule has 8 heteroatoms. The zero-order valence-corrected chi connectivity index (χ0v) is 24.5. The number of halogens is 3. The molecule has 0 amide bonds. The lowest BCUT2D eigenvalue weighted by Crippen LogP contribution is -2.28. The first-order valence-electron chi connectivity index (χ1n) is 14.0. The second-order valence-electron chi connectivity index (χ2n) is 10.2. The third-order valence-electron chi connectivity index (χ3n) is 7.25. The molecule has 0 aliphatic carbocycles. The SMILES string of the molecule is O=S(=O)(Oc1ccc(N(c2ccc(-c3ccccc3)cc2)c2ccc(-c3ccccc3)cc2-c2ccccc2)cc1)C(F)(F)F. The highest BCUT2D eigenvalue weighted by atomic mass is 32.2. The van der Waals surface area contributed by atoms with Crippen molar-refractivity contribution in [2.75, 3.05) is 4.90 Å². The maximum atomic E-state index is 13.0. The van der Waals surface area contributed by atoms with Crippen molar-refractivity contribution in [3.05, 3.63) is 158 Å². The standard InChI is InChI=1S/C37H26F3NO3S/c38-37(39,40)45(42,43)44-34-23-21-33(22-24-34)41(32-19-16-29(17-20-32)27-10-4-1-5-11-27)36-25-18-31(28-12-6-2-7-13-28)26-35(36)30-14-8-3-9-15-30/h1-26H. The van der Waals surface area contributed by atoms with Crippen LogP contribution in [-0.2, 0) is 10.1 Å². The summed E-state index contributed by atoms with van der Waals surface area (Å²) in [5, 5.41) is 0. The average molecular weight is 622 g/mol. The van der Waals surface area contributed by atoms with E-state index < -0.39 is 21.4 Å². The summed E-state index contributed by atoms with van der Waals surface area (Å²) in [7, 11) is -5.81. The molecule has 4 nitrogen and oxygen atoms in total. The molecule has 0 fully saturated rings. The topological polar surface area (TPSA) is 46.6 Å². The van der Waals surface area contributed by atoms with Gasteiger partial charge in [0.05, 0.1) is 5.69 Å². The monoisotopic (exact) mass is 621 g/mol. The maximum absolute atomic E-state index is 13.0. The van der Waals surface area contributed by atoms with Gasteiger partial charge in [0.2, 0.25) is 0 Å². The van der Waals surface area contributed by atoms with Crippen LogP contribution in [0.15, 0.2) is 158 Å². The van der Waals surface area contributed by atoms with Crippen LogP contribution in [-0.4, -0.2) is 13.9 Å². The first-order chi connectivity index (χ1) is 21.7. The van der Waals surface area contributed by atoms with Crippen molar-refractivity contribution in [1.29, 1.82) is 0 Å². The molecule has 0 aliphatic rings. The van der Waals surface area contributed by atoms with Gasteiger partial charge in [0, 0.05) is 16.9 Å². The molecule has 0 unspecified atom stereocenters. The Kier molecular flexibility index (Phi) is 8.15. The quantitative estimate of drug-likeness (QED) is 0.125. The molecule has 0 bridgehead atoms. The largest absolute Gasteiger partial charge is 0.534 e. The van der Waals surface area contributed by atoms with Crippen LogP contribution in [0.5, 0.6) is 5.75 Å². The molecule has 0 aromatic heterocycles. The van der Waals surface area contributed by atoms with Crippen molar-refractivity contribution >= 4 is 27.2 Å². The number of anilines is 3. The molecule has 0 saturated carbocycles. The fourth-order valence-corrected chi connectivity index (χ4v) is 5.53. The lowest BCUT2D eigenvalue weighted by molar-refractivity contribution is -0.0500. The summed E-state index contributed by atoms with van der Waals surface area (Å²) in [6, 6.07) is 49.4. The second-order valence-corrected chi connectivity index (χ2v) is 11.7. The molecule has 0 radical (unpaired) electrons. The van der Waals surface area contributed by atoms with Crippen molar-refractivity contribution in [3.63, 3.8) is 0 Å². The van der Waals surface area contributed by atoms with Crippen LogP contribution >= 0.6 is 0 Å². The number of hydrogen-bond donors (Lipinski definition) is 0. The Bertz CT molecular complexity index is 2000. The highest BCUT2D eigenvalue weighted by Crippen LogP contribution is 2.43. The summed E-state index contributed by atoms with van der Waals surface area (Å²) in [4.78, 5) is 1.98. The lowest BCUT2D eigenvalue weighted by Gasteiger charge is -2.28. The minimum atomic E-state index is -5.81. The first kappa shape index (κ1) is 29.7. The van der Waals surface area contributed by atoms with Gasteiger partial charge in [-0.15, -0.1) is 0 Å². The number of rotatable bonds is 8. The summed E-state index contributed by atoms with van der Waals surface area (Å²) in [6.07, 6.45) is 0. The zero-order valence-electron chi connectivity index (χ0n) is 23.7. The van der Waals surface area contributed by atoms with E-state index in [1.54, 1.807) is 0 Å². The number of alkyl halides is 3. The normalized spacial score (nSPS) is 11.6. The molecule has 224 valence electrons. The van der Waals surface area contributed by atoms with Gasteiger partial charge < -0.3 is 9.08 Å². The van der Waals surface area contributed by atoms with Gasteiger partial charge in [-0.05, 0) is 76.3 Å². The Labute approximate surface area is 259 Å². The van der Waals surface area contributed by atoms with Gasteiger partial charge in [-0.1, -0.05) is 109 Å². The Balaban J connectivity index is 1.49. The van der Waals surface area contributed by atoms with Crippen LogP contribution in [0.1, 0.15) is 0 Å². The Hall–Kier alpha value is -5.34.